The highest BCUT2D eigenvalue weighted by Gasteiger charge is 2.54. The second kappa shape index (κ2) is 6.74. The van der Waals surface area contributed by atoms with Gasteiger partial charge in [0.25, 0.3) is 0 Å². The Kier molecular flexibility index (Phi) is 4.74. The molecule has 1 atom stereocenters. The number of ether oxygens (including phenoxy) is 1. The van der Waals surface area contributed by atoms with E-state index in [1.807, 2.05) is 0 Å². The van der Waals surface area contributed by atoms with Crippen LogP contribution >= 0.6 is 0 Å². The summed E-state index contributed by atoms with van der Waals surface area (Å²) in [6.45, 7) is 0.786. The van der Waals surface area contributed by atoms with Crippen LogP contribution in [-0.4, -0.2) is 18.5 Å². The molecule has 2 fully saturated rings. The first-order valence-electron chi connectivity index (χ1n) is 8.50. The van der Waals surface area contributed by atoms with E-state index in [4.69, 9.17) is 4.74 Å². The third-order valence-electron chi connectivity index (χ3n) is 5.31. The number of aryl methyl sites for hydroxylation is 1. The smallest absolute Gasteiger partial charge is 0.144 e. The minimum Gasteiger partial charge on any atom is -0.377 e. The predicted molar refractivity (Wildman–Crippen MR) is 84.3 cm³/mol. The molecule has 1 unspecified atom stereocenters. The van der Waals surface area contributed by atoms with E-state index >= 15 is 0 Å². The monoisotopic (exact) mass is 286 g/mol. The number of hydrogen-bond acceptors (Lipinski definition) is 2. The molecular formula is C19H26O2. The molecule has 2 saturated carbocycles. The molecule has 0 radical (unpaired) electrons. The van der Waals surface area contributed by atoms with E-state index < -0.39 is 0 Å². The summed E-state index contributed by atoms with van der Waals surface area (Å²) in [6, 6.07) is 10.6. The lowest BCUT2D eigenvalue weighted by Crippen LogP contribution is -2.55. The third kappa shape index (κ3) is 3.21. The van der Waals surface area contributed by atoms with Crippen molar-refractivity contribution in [2.45, 2.75) is 63.9 Å². The zero-order chi connectivity index (χ0) is 14.5. The highest BCUT2D eigenvalue weighted by molar-refractivity contribution is 5.92. The average Bonchev–Trinajstić information content (AvgIpc) is 2.79. The molecule has 0 N–H and O–H groups in total. The summed E-state index contributed by atoms with van der Waals surface area (Å²) in [5.74, 6) is 0.470. The minimum atomic E-state index is -0.0940. The van der Waals surface area contributed by atoms with Crippen LogP contribution in [0.2, 0.25) is 0 Å². The molecule has 114 valence electrons. The van der Waals surface area contributed by atoms with Crippen molar-refractivity contribution in [1.82, 2.24) is 0 Å². The highest BCUT2D eigenvalue weighted by atomic mass is 16.5. The van der Waals surface area contributed by atoms with Gasteiger partial charge in [0.1, 0.15) is 5.78 Å². The molecule has 1 aromatic carbocycles. The van der Waals surface area contributed by atoms with Gasteiger partial charge in [0, 0.05) is 13.0 Å². The summed E-state index contributed by atoms with van der Waals surface area (Å²) >= 11 is 0. The maximum absolute atomic E-state index is 12.1. The summed E-state index contributed by atoms with van der Waals surface area (Å²) in [6.07, 6.45) is 10.1. The van der Waals surface area contributed by atoms with Gasteiger partial charge in [-0.2, -0.15) is 0 Å². The molecule has 0 aliphatic heterocycles. The summed E-state index contributed by atoms with van der Waals surface area (Å²) < 4.78 is 6.10. The molecule has 2 aliphatic carbocycles. The van der Waals surface area contributed by atoms with Crippen molar-refractivity contribution in [1.29, 1.82) is 0 Å². The molecule has 1 aromatic rings. The SMILES string of the molecule is O=C1CC(OCCCc2ccccc2)C12CCCCCC2. The Morgan fingerprint density at radius 2 is 1.76 bits per heavy atom. The second-order valence-corrected chi connectivity index (χ2v) is 6.65. The Morgan fingerprint density at radius 3 is 2.43 bits per heavy atom. The van der Waals surface area contributed by atoms with E-state index in [0.29, 0.717) is 12.2 Å². The Balaban J connectivity index is 1.46. The number of hydrogen-bond donors (Lipinski definition) is 0. The van der Waals surface area contributed by atoms with Crippen LogP contribution in [0.5, 0.6) is 0 Å². The molecule has 0 aromatic heterocycles. The van der Waals surface area contributed by atoms with Crippen LogP contribution in [0, 0.1) is 5.41 Å². The molecule has 2 aliphatic rings. The topological polar surface area (TPSA) is 26.3 Å². The van der Waals surface area contributed by atoms with Gasteiger partial charge in [0.2, 0.25) is 0 Å². The molecule has 0 heterocycles. The van der Waals surface area contributed by atoms with Crippen molar-refractivity contribution < 1.29 is 9.53 Å². The maximum Gasteiger partial charge on any atom is 0.144 e. The lowest BCUT2D eigenvalue weighted by atomic mass is 9.60. The van der Waals surface area contributed by atoms with Crippen molar-refractivity contribution in [3.8, 4) is 0 Å². The largest absolute Gasteiger partial charge is 0.377 e. The Hall–Kier alpha value is -1.15. The van der Waals surface area contributed by atoms with E-state index in [1.165, 1.54) is 31.2 Å². The van der Waals surface area contributed by atoms with Crippen molar-refractivity contribution in [3.63, 3.8) is 0 Å². The predicted octanol–water partition coefficient (Wildman–Crippen LogP) is 4.32. The highest BCUT2D eigenvalue weighted by Crippen LogP contribution is 2.49. The number of rotatable bonds is 5. The number of carbonyl (C=O) groups is 1. The van der Waals surface area contributed by atoms with Crippen molar-refractivity contribution in [2.24, 2.45) is 5.41 Å². The first-order valence-corrected chi connectivity index (χ1v) is 8.50. The first kappa shape index (κ1) is 14.8. The second-order valence-electron chi connectivity index (χ2n) is 6.65. The van der Waals surface area contributed by atoms with Crippen molar-refractivity contribution >= 4 is 5.78 Å². The lowest BCUT2D eigenvalue weighted by molar-refractivity contribution is -0.166. The molecule has 0 bridgehead atoms. The minimum absolute atomic E-state index is 0.0940. The van der Waals surface area contributed by atoms with Crippen LogP contribution in [0.3, 0.4) is 0 Å². The molecular weight excluding hydrogens is 260 g/mol. The number of ketones is 1. The zero-order valence-corrected chi connectivity index (χ0v) is 12.9. The van der Waals surface area contributed by atoms with E-state index in [2.05, 4.69) is 30.3 Å². The van der Waals surface area contributed by atoms with E-state index in [-0.39, 0.29) is 11.5 Å². The molecule has 0 saturated heterocycles. The molecule has 0 amide bonds. The van der Waals surface area contributed by atoms with Gasteiger partial charge in [-0.15, -0.1) is 0 Å². The van der Waals surface area contributed by atoms with E-state index in [1.54, 1.807) is 0 Å². The molecule has 3 rings (SSSR count). The van der Waals surface area contributed by atoms with Crippen LogP contribution in [-0.2, 0) is 16.0 Å². The molecule has 2 nitrogen and oxygen atoms in total. The van der Waals surface area contributed by atoms with Gasteiger partial charge < -0.3 is 4.74 Å². The van der Waals surface area contributed by atoms with Gasteiger partial charge in [-0.25, -0.2) is 0 Å². The Morgan fingerprint density at radius 1 is 1.05 bits per heavy atom. The van der Waals surface area contributed by atoms with Gasteiger partial charge >= 0.3 is 0 Å². The zero-order valence-electron chi connectivity index (χ0n) is 12.9. The number of benzene rings is 1. The van der Waals surface area contributed by atoms with Crippen LogP contribution < -0.4 is 0 Å². The Bertz CT molecular complexity index is 458. The summed E-state index contributed by atoms with van der Waals surface area (Å²) in [7, 11) is 0. The number of carbonyl (C=O) groups excluding carboxylic acids is 1. The van der Waals surface area contributed by atoms with E-state index in [0.717, 1.165) is 32.3 Å². The fourth-order valence-corrected chi connectivity index (χ4v) is 3.94. The first-order chi connectivity index (χ1) is 10.3. The van der Waals surface area contributed by atoms with Gasteiger partial charge in [-0.05, 0) is 31.2 Å². The van der Waals surface area contributed by atoms with Crippen LogP contribution in [0.25, 0.3) is 0 Å². The fourth-order valence-electron chi connectivity index (χ4n) is 3.94. The standard InChI is InChI=1S/C19H26O2/c20-17-15-18(19(17)12-6-1-2-7-13-19)21-14-8-11-16-9-4-3-5-10-16/h3-5,9-10,18H,1-2,6-8,11-15H2. The van der Waals surface area contributed by atoms with E-state index in [9.17, 15) is 4.79 Å². The summed E-state index contributed by atoms with van der Waals surface area (Å²) in [4.78, 5) is 12.1. The van der Waals surface area contributed by atoms with Crippen LogP contribution in [0.4, 0.5) is 0 Å². The van der Waals surface area contributed by atoms with Gasteiger partial charge in [-0.1, -0.05) is 56.0 Å². The average molecular weight is 286 g/mol. The molecule has 2 heteroatoms. The Labute approximate surface area is 127 Å². The van der Waals surface area contributed by atoms with Gasteiger partial charge in [0.05, 0.1) is 11.5 Å². The van der Waals surface area contributed by atoms with Crippen LogP contribution in [0.15, 0.2) is 30.3 Å². The maximum atomic E-state index is 12.1. The van der Waals surface area contributed by atoms with Crippen molar-refractivity contribution in [3.05, 3.63) is 35.9 Å². The van der Waals surface area contributed by atoms with Gasteiger partial charge in [-0.3, -0.25) is 4.79 Å². The van der Waals surface area contributed by atoms with Crippen molar-refractivity contribution in [2.75, 3.05) is 6.61 Å². The lowest BCUT2D eigenvalue weighted by Gasteiger charge is -2.47. The summed E-state index contributed by atoms with van der Waals surface area (Å²) in [5.41, 5.74) is 1.28. The number of Topliss-reactive ketones (excluding diaryl/α,β-unsaturated/α-hetero) is 1. The third-order valence-corrected chi connectivity index (χ3v) is 5.31. The quantitative estimate of drug-likeness (QED) is 0.754. The van der Waals surface area contributed by atoms with Gasteiger partial charge in [0.15, 0.2) is 0 Å². The fraction of sp³-hybridized carbons (Fsp3) is 0.632. The summed E-state index contributed by atoms with van der Waals surface area (Å²) in [5, 5.41) is 0. The molecule has 1 spiro atoms. The normalized spacial score (nSPS) is 24.6. The molecule has 21 heavy (non-hydrogen) atoms. The van der Waals surface area contributed by atoms with Crippen LogP contribution in [0.1, 0.15) is 56.9 Å².